The number of carbonyl (C=O) groups excluding carboxylic acids is 1. The van der Waals surface area contributed by atoms with Gasteiger partial charge in [0.2, 0.25) is 0 Å². The maximum absolute atomic E-state index is 13.9. The van der Waals surface area contributed by atoms with Crippen molar-refractivity contribution in [1.82, 2.24) is 5.12 Å². The maximum Gasteiger partial charge on any atom is 0.439 e. The number of rotatable bonds is 3. The highest BCUT2D eigenvalue weighted by atomic mass is 19.2. The minimum atomic E-state index is -1.73. The Labute approximate surface area is 110 Å². The van der Waals surface area contributed by atoms with E-state index in [2.05, 4.69) is 0 Å². The molecule has 0 saturated carbocycles. The molecule has 0 aliphatic carbocycles. The van der Waals surface area contributed by atoms with Gasteiger partial charge >= 0.3 is 12.1 Å². The van der Waals surface area contributed by atoms with Crippen LogP contribution in [0.5, 0.6) is 0 Å². The van der Waals surface area contributed by atoms with Gasteiger partial charge in [-0.1, -0.05) is 34.8 Å². The van der Waals surface area contributed by atoms with E-state index >= 15 is 0 Å². The second-order valence-corrected chi connectivity index (χ2v) is 4.94. The zero-order valence-corrected chi connectivity index (χ0v) is 11.0. The van der Waals surface area contributed by atoms with Gasteiger partial charge in [-0.15, -0.1) is 5.12 Å². The van der Waals surface area contributed by atoms with E-state index < -0.39 is 28.8 Å². The largest absolute Gasteiger partial charge is 0.479 e. The zero-order valence-electron chi connectivity index (χ0n) is 11.0. The molecule has 1 amide bonds. The zero-order chi connectivity index (χ0) is 14.6. The summed E-state index contributed by atoms with van der Waals surface area (Å²) in [5, 5.41) is 8.64. The average Bonchev–Trinajstić information content (AvgIpc) is 2.27. The SMILES string of the molecule is CC(C)(C)OC(=O)N(F)[C@@H](C(=O)O)c1ccccc1. The summed E-state index contributed by atoms with van der Waals surface area (Å²) < 4.78 is 18.7. The molecule has 0 unspecified atom stereocenters. The van der Waals surface area contributed by atoms with Gasteiger partial charge in [-0.05, 0) is 26.3 Å². The van der Waals surface area contributed by atoms with E-state index in [0.717, 1.165) is 0 Å². The van der Waals surface area contributed by atoms with Gasteiger partial charge in [0.05, 0.1) is 0 Å². The molecule has 1 aromatic rings. The first-order valence-corrected chi connectivity index (χ1v) is 5.68. The van der Waals surface area contributed by atoms with Crippen molar-refractivity contribution in [2.24, 2.45) is 0 Å². The van der Waals surface area contributed by atoms with E-state index in [1.807, 2.05) is 0 Å². The number of benzene rings is 1. The third-order valence-corrected chi connectivity index (χ3v) is 2.14. The highest BCUT2D eigenvalue weighted by Crippen LogP contribution is 2.23. The smallest absolute Gasteiger partial charge is 0.439 e. The van der Waals surface area contributed by atoms with E-state index in [-0.39, 0.29) is 5.56 Å². The summed E-state index contributed by atoms with van der Waals surface area (Å²) in [7, 11) is 0. The summed E-state index contributed by atoms with van der Waals surface area (Å²) in [5.41, 5.74) is -0.746. The number of carboxylic acid groups (broad SMARTS) is 1. The number of hydrogen-bond acceptors (Lipinski definition) is 3. The monoisotopic (exact) mass is 269 g/mol. The Bertz CT molecular complexity index is 455. The molecule has 104 valence electrons. The van der Waals surface area contributed by atoms with E-state index in [9.17, 15) is 14.1 Å². The van der Waals surface area contributed by atoms with Crippen LogP contribution < -0.4 is 0 Å². The van der Waals surface area contributed by atoms with Gasteiger partial charge in [0.1, 0.15) is 5.60 Å². The number of carbonyl (C=O) groups is 2. The average molecular weight is 269 g/mol. The van der Waals surface area contributed by atoms with E-state index in [1.165, 1.54) is 12.1 Å². The molecule has 19 heavy (non-hydrogen) atoms. The molecule has 0 saturated heterocycles. The van der Waals surface area contributed by atoms with Crippen LogP contribution in [0.4, 0.5) is 9.28 Å². The van der Waals surface area contributed by atoms with Crippen molar-refractivity contribution < 1.29 is 23.9 Å². The van der Waals surface area contributed by atoms with Crippen LogP contribution in [0, 0.1) is 0 Å². The molecule has 6 heteroatoms. The number of amides is 1. The molecule has 1 N–H and O–H groups in total. The van der Waals surface area contributed by atoms with Gasteiger partial charge in [-0.25, -0.2) is 9.59 Å². The fraction of sp³-hybridized carbons (Fsp3) is 0.385. The van der Waals surface area contributed by atoms with Crippen molar-refractivity contribution >= 4 is 12.1 Å². The molecule has 0 fully saturated rings. The molecule has 0 spiro atoms. The highest BCUT2D eigenvalue weighted by molar-refractivity contribution is 5.80. The van der Waals surface area contributed by atoms with E-state index in [1.54, 1.807) is 39.0 Å². The second-order valence-electron chi connectivity index (χ2n) is 4.94. The minimum Gasteiger partial charge on any atom is -0.479 e. The van der Waals surface area contributed by atoms with Crippen molar-refractivity contribution in [3.05, 3.63) is 35.9 Å². The van der Waals surface area contributed by atoms with Crippen molar-refractivity contribution in [2.75, 3.05) is 0 Å². The molecule has 0 aliphatic heterocycles. The number of aliphatic carboxylic acids is 1. The topological polar surface area (TPSA) is 66.8 Å². The number of halogens is 1. The Morgan fingerprint density at radius 1 is 1.26 bits per heavy atom. The van der Waals surface area contributed by atoms with Crippen LogP contribution >= 0.6 is 0 Å². The molecule has 1 aromatic carbocycles. The highest BCUT2D eigenvalue weighted by Gasteiger charge is 2.34. The molecule has 0 radical (unpaired) electrons. The van der Waals surface area contributed by atoms with Gasteiger partial charge in [0.25, 0.3) is 0 Å². The van der Waals surface area contributed by atoms with Gasteiger partial charge in [0, 0.05) is 0 Å². The molecule has 5 nitrogen and oxygen atoms in total. The van der Waals surface area contributed by atoms with Gasteiger partial charge in [-0.3, -0.25) is 0 Å². The Balaban J connectivity index is 2.95. The Kier molecular flexibility index (Phi) is 4.47. The summed E-state index contributed by atoms with van der Waals surface area (Å²) in [6.45, 7) is 4.70. The van der Waals surface area contributed by atoms with Crippen LogP contribution in [0.1, 0.15) is 32.4 Å². The van der Waals surface area contributed by atoms with Crippen LogP contribution in [0.25, 0.3) is 0 Å². The predicted octanol–water partition coefficient (Wildman–Crippen LogP) is 2.93. The number of nitrogens with zero attached hydrogens (tertiary/aromatic N) is 1. The lowest BCUT2D eigenvalue weighted by atomic mass is 10.1. The van der Waals surface area contributed by atoms with Gasteiger partial charge in [0.15, 0.2) is 6.04 Å². The first-order chi connectivity index (χ1) is 8.72. The first kappa shape index (κ1) is 14.9. The maximum atomic E-state index is 13.9. The molecular formula is C13H16FNO4. The molecule has 1 atom stereocenters. The fourth-order valence-electron chi connectivity index (χ4n) is 1.42. The number of carboxylic acids is 1. The first-order valence-electron chi connectivity index (χ1n) is 5.68. The summed E-state index contributed by atoms with van der Waals surface area (Å²) in [6, 6.07) is 5.92. The van der Waals surface area contributed by atoms with E-state index in [0.29, 0.717) is 0 Å². The van der Waals surface area contributed by atoms with Crippen molar-refractivity contribution in [1.29, 1.82) is 0 Å². The molecule has 1 rings (SSSR count). The van der Waals surface area contributed by atoms with Crippen molar-refractivity contribution in [3.63, 3.8) is 0 Å². The van der Waals surface area contributed by atoms with Crippen LogP contribution in [0.15, 0.2) is 30.3 Å². The van der Waals surface area contributed by atoms with Crippen molar-refractivity contribution in [2.45, 2.75) is 32.4 Å². The quantitative estimate of drug-likeness (QED) is 0.857. The number of hydrogen-bond donors (Lipinski definition) is 1. The molecule has 0 aromatic heterocycles. The van der Waals surface area contributed by atoms with Crippen molar-refractivity contribution in [3.8, 4) is 0 Å². The fourth-order valence-corrected chi connectivity index (χ4v) is 1.42. The van der Waals surface area contributed by atoms with Crippen LogP contribution in [0.3, 0.4) is 0 Å². The summed E-state index contributed by atoms with van der Waals surface area (Å²) in [6.07, 6.45) is -1.33. The van der Waals surface area contributed by atoms with Crippen LogP contribution in [-0.4, -0.2) is 27.9 Å². The molecule has 0 bridgehead atoms. The van der Waals surface area contributed by atoms with Gasteiger partial charge in [-0.2, -0.15) is 0 Å². The summed E-state index contributed by atoms with van der Waals surface area (Å²) in [5.74, 6) is -1.47. The lowest BCUT2D eigenvalue weighted by molar-refractivity contribution is -0.151. The third kappa shape index (κ3) is 4.24. The Hall–Kier alpha value is -2.11. The second kappa shape index (κ2) is 5.69. The standard InChI is InChI=1S/C13H16FNO4/c1-13(2,3)19-12(18)15(14)10(11(16)17)9-7-5-4-6-8-9/h4-8,10H,1-3H3,(H,16,17)/t10-/m1/s1. The molecular weight excluding hydrogens is 253 g/mol. The predicted molar refractivity (Wildman–Crippen MR) is 66.0 cm³/mol. The van der Waals surface area contributed by atoms with E-state index in [4.69, 9.17) is 9.84 Å². The Morgan fingerprint density at radius 2 is 1.79 bits per heavy atom. The van der Waals surface area contributed by atoms with Crippen LogP contribution in [0.2, 0.25) is 0 Å². The lowest BCUT2D eigenvalue weighted by Gasteiger charge is -2.25. The molecule has 0 heterocycles. The van der Waals surface area contributed by atoms with Gasteiger partial charge < -0.3 is 9.84 Å². The normalized spacial score (nSPS) is 12.6. The molecule has 0 aliphatic rings. The third-order valence-electron chi connectivity index (χ3n) is 2.14. The summed E-state index contributed by atoms with van der Waals surface area (Å²) >= 11 is 0. The number of ether oxygens (including phenoxy) is 1. The Morgan fingerprint density at radius 3 is 2.21 bits per heavy atom. The minimum absolute atomic E-state index is 0.156. The van der Waals surface area contributed by atoms with Crippen LogP contribution in [-0.2, 0) is 9.53 Å². The lowest BCUT2D eigenvalue weighted by Crippen LogP contribution is -2.37. The summed E-state index contributed by atoms with van der Waals surface area (Å²) in [4.78, 5) is 22.7.